The highest BCUT2D eigenvalue weighted by Gasteiger charge is 2.30. The summed E-state index contributed by atoms with van der Waals surface area (Å²) in [5.41, 5.74) is 0.441. The van der Waals surface area contributed by atoms with Crippen LogP contribution < -0.4 is 0 Å². The molecule has 0 N–H and O–H groups in total. The van der Waals surface area contributed by atoms with Crippen molar-refractivity contribution in [2.45, 2.75) is 52.6 Å². The van der Waals surface area contributed by atoms with Gasteiger partial charge >= 0.3 is 0 Å². The van der Waals surface area contributed by atoms with Gasteiger partial charge in [0.15, 0.2) is 8.88 Å². The van der Waals surface area contributed by atoms with E-state index in [4.69, 9.17) is 0 Å². The number of hydrogen-bond donors (Lipinski definition) is 0. The molecular formula is C10H20N2P. The van der Waals surface area contributed by atoms with E-state index in [1.807, 2.05) is 0 Å². The van der Waals surface area contributed by atoms with Gasteiger partial charge in [-0.3, -0.25) is 0 Å². The Hall–Kier alpha value is -0.230. The molecule has 0 bridgehead atoms. The van der Waals surface area contributed by atoms with Crippen molar-refractivity contribution in [1.29, 1.82) is 0 Å². The van der Waals surface area contributed by atoms with Gasteiger partial charge in [0.25, 0.3) is 0 Å². The first kappa shape index (κ1) is 10.8. The van der Waals surface area contributed by atoms with Crippen LogP contribution in [0, 0.1) is 0 Å². The fourth-order valence-corrected chi connectivity index (χ4v) is 1.99. The van der Waals surface area contributed by atoms with Gasteiger partial charge in [-0.05, 0) is 41.5 Å². The van der Waals surface area contributed by atoms with Crippen LogP contribution in [-0.4, -0.2) is 20.4 Å². The highest BCUT2D eigenvalue weighted by Crippen LogP contribution is 2.41. The maximum atomic E-state index is 2.33. The molecule has 1 aliphatic rings. The molecule has 2 nitrogen and oxygen atoms in total. The summed E-state index contributed by atoms with van der Waals surface area (Å²) in [6, 6.07) is 0. The lowest BCUT2D eigenvalue weighted by Gasteiger charge is -2.35. The van der Waals surface area contributed by atoms with Gasteiger partial charge in [-0.2, -0.15) is 0 Å². The Labute approximate surface area is 83.9 Å². The zero-order chi connectivity index (χ0) is 10.3. The van der Waals surface area contributed by atoms with Crippen LogP contribution in [0.2, 0.25) is 0 Å². The van der Waals surface area contributed by atoms with E-state index in [-0.39, 0.29) is 11.1 Å². The van der Waals surface area contributed by atoms with Crippen LogP contribution in [0.3, 0.4) is 0 Å². The normalized spacial score (nSPS) is 18.6. The van der Waals surface area contributed by atoms with Crippen molar-refractivity contribution >= 4 is 8.88 Å². The Kier molecular flexibility index (Phi) is 2.64. The van der Waals surface area contributed by atoms with Crippen molar-refractivity contribution in [3.8, 4) is 0 Å². The third-order valence-corrected chi connectivity index (χ3v) is 3.77. The van der Waals surface area contributed by atoms with Gasteiger partial charge in [0.1, 0.15) is 0 Å². The molecule has 0 aromatic rings. The quantitative estimate of drug-likeness (QED) is 0.551. The molecule has 3 heteroatoms. The number of hydrogen-bond acceptors (Lipinski definition) is 2. The zero-order valence-corrected chi connectivity index (χ0v) is 10.4. The molecule has 0 saturated heterocycles. The van der Waals surface area contributed by atoms with Crippen molar-refractivity contribution < 1.29 is 0 Å². The highest BCUT2D eigenvalue weighted by atomic mass is 31.1. The molecule has 0 aromatic heterocycles. The van der Waals surface area contributed by atoms with Gasteiger partial charge in [0.05, 0.1) is 0 Å². The third kappa shape index (κ3) is 2.60. The summed E-state index contributed by atoms with van der Waals surface area (Å²) in [5, 5.41) is 0. The Bertz CT molecular complexity index is 188. The van der Waals surface area contributed by atoms with Crippen molar-refractivity contribution in [3.63, 3.8) is 0 Å². The van der Waals surface area contributed by atoms with Gasteiger partial charge in [-0.1, -0.05) is 0 Å². The summed E-state index contributed by atoms with van der Waals surface area (Å²) in [6.07, 6.45) is 4.35. The summed E-state index contributed by atoms with van der Waals surface area (Å²) in [6.45, 7) is 13.4. The summed E-state index contributed by atoms with van der Waals surface area (Å²) in [7, 11) is 1.26. The average molecular weight is 199 g/mol. The van der Waals surface area contributed by atoms with Crippen LogP contribution in [0.5, 0.6) is 0 Å². The lowest BCUT2D eigenvalue weighted by Crippen LogP contribution is -2.34. The molecule has 1 aliphatic heterocycles. The maximum Gasteiger partial charge on any atom is 0.166 e. The largest absolute Gasteiger partial charge is 0.328 e. The van der Waals surface area contributed by atoms with Gasteiger partial charge in [-0.15, -0.1) is 0 Å². The molecule has 0 saturated carbocycles. The molecule has 0 aromatic carbocycles. The predicted molar refractivity (Wildman–Crippen MR) is 59.2 cm³/mol. The van der Waals surface area contributed by atoms with E-state index in [1.54, 1.807) is 0 Å². The third-order valence-electron chi connectivity index (χ3n) is 1.92. The molecule has 0 fully saturated rings. The zero-order valence-electron chi connectivity index (χ0n) is 9.50. The van der Waals surface area contributed by atoms with Crippen molar-refractivity contribution in [1.82, 2.24) is 9.34 Å². The van der Waals surface area contributed by atoms with Crippen molar-refractivity contribution in [2.24, 2.45) is 0 Å². The lowest BCUT2D eigenvalue weighted by molar-refractivity contribution is 0.320. The predicted octanol–water partition coefficient (Wildman–Crippen LogP) is 3.45. The molecule has 1 rings (SSSR count). The molecular weight excluding hydrogens is 179 g/mol. The van der Waals surface area contributed by atoms with Crippen LogP contribution in [-0.2, 0) is 0 Å². The SMILES string of the molecule is CC(C)(C)N1C=CN(C(C)(C)C)[P]1. The molecule has 0 amide bonds. The lowest BCUT2D eigenvalue weighted by atomic mass is 10.1. The van der Waals surface area contributed by atoms with E-state index in [0.29, 0.717) is 0 Å². The minimum absolute atomic E-state index is 0.220. The second-order valence-electron chi connectivity index (χ2n) is 5.42. The van der Waals surface area contributed by atoms with Crippen molar-refractivity contribution in [3.05, 3.63) is 12.4 Å². The van der Waals surface area contributed by atoms with E-state index in [1.165, 1.54) is 8.88 Å². The number of rotatable bonds is 0. The molecule has 75 valence electrons. The van der Waals surface area contributed by atoms with E-state index in [9.17, 15) is 0 Å². The fourth-order valence-electron chi connectivity index (χ4n) is 1.01. The van der Waals surface area contributed by atoms with Crippen LogP contribution >= 0.6 is 8.88 Å². The summed E-state index contributed by atoms with van der Waals surface area (Å²) < 4.78 is 4.66. The van der Waals surface area contributed by atoms with E-state index < -0.39 is 0 Å². The first-order valence-electron chi connectivity index (χ1n) is 4.70. The Morgan fingerprint density at radius 2 is 1.08 bits per heavy atom. The average Bonchev–Trinajstić information content (AvgIpc) is 2.28. The molecule has 0 spiro atoms. The smallest absolute Gasteiger partial charge is 0.166 e. The van der Waals surface area contributed by atoms with Gasteiger partial charge in [0, 0.05) is 23.5 Å². The first-order valence-corrected chi connectivity index (χ1v) is 5.50. The molecule has 1 radical (unpaired) electrons. The minimum atomic E-state index is 0.220. The topological polar surface area (TPSA) is 6.48 Å². The second kappa shape index (κ2) is 3.16. The van der Waals surface area contributed by atoms with E-state index >= 15 is 0 Å². The minimum Gasteiger partial charge on any atom is -0.328 e. The van der Waals surface area contributed by atoms with Gasteiger partial charge in [0.2, 0.25) is 0 Å². The molecule has 1 heterocycles. The van der Waals surface area contributed by atoms with Crippen molar-refractivity contribution in [2.75, 3.05) is 0 Å². The molecule has 0 atom stereocenters. The second-order valence-corrected chi connectivity index (χ2v) is 6.46. The summed E-state index contributed by atoms with van der Waals surface area (Å²) >= 11 is 0. The van der Waals surface area contributed by atoms with Crippen LogP contribution in [0.1, 0.15) is 41.5 Å². The Morgan fingerprint density at radius 1 is 0.769 bits per heavy atom. The van der Waals surface area contributed by atoms with Gasteiger partial charge in [-0.25, -0.2) is 0 Å². The van der Waals surface area contributed by atoms with E-state index in [0.717, 1.165) is 0 Å². The number of nitrogens with zero attached hydrogens (tertiary/aromatic N) is 2. The maximum absolute atomic E-state index is 2.33. The van der Waals surface area contributed by atoms with Crippen LogP contribution in [0.15, 0.2) is 12.4 Å². The monoisotopic (exact) mass is 199 g/mol. The molecule has 0 aliphatic carbocycles. The standard InChI is InChI=1S/C10H20N2P/c1-9(2,3)11-7-8-12(13-11)10(4,5)6/h7-8H,1-6H3. The van der Waals surface area contributed by atoms with Crippen LogP contribution in [0.4, 0.5) is 0 Å². The first-order chi connectivity index (χ1) is 5.71. The van der Waals surface area contributed by atoms with Gasteiger partial charge < -0.3 is 9.34 Å². The summed E-state index contributed by atoms with van der Waals surface area (Å²) in [4.78, 5) is 0. The Balaban J connectivity index is 2.63. The van der Waals surface area contributed by atoms with Crippen LogP contribution in [0.25, 0.3) is 0 Å². The molecule has 0 unspecified atom stereocenters. The van der Waals surface area contributed by atoms with E-state index in [2.05, 4.69) is 63.3 Å². The summed E-state index contributed by atoms with van der Waals surface area (Å²) in [5.74, 6) is 0. The fraction of sp³-hybridized carbons (Fsp3) is 0.800. The Morgan fingerprint density at radius 3 is 1.23 bits per heavy atom. The highest BCUT2D eigenvalue weighted by molar-refractivity contribution is 7.33. The molecule has 13 heavy (non-hydrogen) atoms.